The summed E-state index contributed by atoms with van der Waals surface area (Å²) in [6.07, 6.45) is 1.44. The van der Waals surface area contributed by atoms with Crippen molar-refractivity contribution in [1.82, 2.24) is 14.8 Å². The molecule has 0 saturated carbocycles. The lowest BCUT2D eigenvalue weighted by atomic mass is 10.1. The van der Waals surface area contributed by atoms with Gasteiger partial charge in [-0.15, -0.1) is 0 Å². The van der Waals surface area contributed by atoms with Gasteiger partial charge in [0.1, 0.15) is 17.0 Å². The second-order valence-corrected chi connectivity index (χ2v) is 7.06. The van der Waals surface area contributed by atoms with Crippen molar-refractivity contribution in [2.75, 3.05) is 5.32 Å². The summed E-state index contributed by atoms with van der Waals surface area (Å²) in [5.41, 5.74) is 2.87. The molecule has 0 atom stereocenters. The SMILES string of the molecule is Cc1cc(C)cc(NC(=O)c2c(O)c3cnn(Cc4ccccc4)c3[nH]c2=O)c1. The molecule has 0 radical (unpaired) electrons. The highest BCUT2D eigenvalue weighted by atomic mass is 16.3. The van der Waals surface area contributed by atoms with Crippen LogP contribution in [0.3, 0.4) is 0 Å². The lowest BCUT2D eigenvalue weighted by Crippen LogP contribution is -2.24. The third-order valence-corrected chi connectivity index (χ3v) is 4.67. The number of H-pyrrole nitrogens is 1. The van der Waals surface area contributed by atoms with Gasteiger partial charge in [0.15, 0.2) is 0 Å². The molecular weight excluding hydrogens is 368 g/mol. The molecular formula is C22H20N4O3. The fourth-order valence-electron chi connectivity index (χ4n) is 3.43. The third-order valence-electron chi connectivity index (χ3n) is 4.67. The van der Waals surface area contributed by atoms with E-state index in [-0.39, 0.29) is 11.3 Å². The number of aromatic nitrogens is 3. The first kappa shape index (κ1) is 18.5. The second-order valence-electron chi connectivity index (χ2n) is 7.06. The van der Waals surface area contributed by atoms with Crippen molar-refractivity contribution in [2.45, 2.75) is 20.4 Å². The Balaban J connectivity index is 1.70. The molecule has 0 unspecified atom stereocenters. The van der Waals surface area contributed by atoms with Gasteiger partial charge in [-0.1, -0.05) is 36.4 Å². The predicted octanol–water partition coefficient (Wildman–Crippen LogP) is 3.35. The van der Waals surface area contributed by atoms with Crippen LogP contribution in [0.5, 0.6) is 5.75 Å². The van der Waals surface area contributed by atoms with E-state index in [1.54, 1.807) is 16.8 Å². The second kappa shape index (κ2) is 7.27. The third kappa shape index (κ3) is 3.62. The van der Waals surface area contributed by atoms with Crippen molar-refractivity contribution >= 4 is 22.6 Å². The molecule has 0 bridgehead atoms. The van der Waals surface area contributed by atoms with Gasteiger partial charge in [0.2, 0.25) is 0 Å². The van der Waals surface area contributed by atoms with Crippen LogP contribution in [0.2, 0.25) is 0 Å². The molecule has 0 aliphatic heterocycles. The largest absolute Gasteiger partial charge is 0.506 e. The van der Waals surface area contributed by atoms with Crippen LogP contribution in [-0.4, -0.2) is 25.8 Å². The van der Waals surface area contributed by atoms with E-state index in [1.807, 2.05) is 50.2 Å². The first-order valence-corrected chi connectivity index (χ1v) is 9.16. The Bertz CT molecular complexity index is 1250. The van der Waals surface area contributed by atoms with E-state index in [0.29, 0.717) is 23.3 Å². The predicted molar refractivity (Wildman–Crippen MR) is 111 cm³/mol. The van der Waals surface area contributed by atoms with Crippen molar-refractivity contribution in [3.8, 4) is 5.75 Å². The van der Waals surface area contributed by atoms with Crippen LogP contribution in [0.25, 0.3) is 11.0 Å². The Morgan fingerprint density at radius 3 is 2.52 bits per heavy atom. The average Bonchev–Trinajstić information content (AvgIpc) is 3.04. The average molecular weight is 388 g/mol. The maximum absolute atomic E-state index is 12.7. The molecule has 7 heteroatoms. The lowest BCUT2D eigenvalue weighted by molar-refractivity contribution is 0.102. The van der Waals surface area contributed by atoms with Gasteiger partial charge in [0.25, 0.3) is 11.5 Å². The zero-order chi connectivity index (χ0) is 20.5. The number of aromatic amines is 1. The van der Waals surface area contributed by atoms with E-state index in [1.165, 1.54) is 6.20 Å². The number of amides is 1. The molecule has 0 aliphatic rings. The number of aryl methyl sites for hydroxylation is 2. The van der Waals surface area contributed by atoms with Gasteiger partial charge >= 0.3 is 0 Å². The Hall–Kier alpha value is -3.87. The standard InChI is InChI=1S/C22H20N4O3/c1-13-8-14(2)10-16(9-13)24-21(28)18-19(27)17-11-23-26(20(17)25-22(18)29)12-15-6-4-3-5-7-15/h3-11H,12H2,1-2H3,(H,24,28)(H2,25,27,29). The summed E-state index contributed by atoms with van der Waals surface area (Å²) in [5, 5.41) is 17.9. The Morgan fingerprint density at radius 1 is 1.14 bits per heavy atom. The Labute approximate surface area is 166 Å². The van der Waals surface area contributed by atoms with Crippen LogP contribution >= 0.6 is 0 Å². The van der Waals surface area contributed by atoms with Gasteiger partial charge in [0.05, 0.1) is 18.1 Å². The minimum Gasteiger partial charge on any atom is -0.506 e. The van der Waals surface area contributed by atoms with Crippen LogP contribution in [0.4, 0.5) is 5.69 Å². The van der Waals surface area contributed by atoms with Crippen LogP contribution in [-0.2, 0) is 6.54 Å². The molecule has 0 aliphatic carbocycles. The Morgan fingerprint density at radius 2 is 1.83 bits per heavy atom. The van der Waals surface area contributed by atoms with E-state index in [0.717, 1.165) is 16.7 Å². The van der Waals surface area contributed by atoms with Gasteiger partial charge in [-0.05, 0) is 42.7 Å². The van der Waals surface area contributed by atoms with E-state index in [2.05, 4.69) is 15.4 Å². The van der Waals surface area contributed by atoms with Gasteiger partial charge in [0, 0.05) is 5.69 Å². The summed E-state index contributed by atoms with van der Waals surface area (Å²) in [6, 6.07) is 15.2. The maximum Gasteiger partial charge on any atom is 0.266 e. The molecule has 1 amide bonds. The van der Waals surface area contributed by atoms with Crippen molar-refractivity contribution in [3.63, 3.8) is 0 Å². The number of pyridine rings is 1. The van der Waals surface area contributed by atoms with Crippen LogP contribution in [0.15, 0.2) is 59.5 Å². The van der Waals surface area contributed by atoms with Crippen molar-refractivity contribution in [1.29, 1.82) is 0 Å². The molecule has 3 N–H and O–H groups in total. The first-order valence-electron chi connectivity index (χ1n) is 9.16. The number of aromatic hydroxyl groups is 1. The zero-order valence-electron chi connectivity index (χ0n) is 16.1. The Kier molecular flexibility index (Phi) is 4.64. The number of hydrogen-bond donors (Lipinski definition) is 3. The first-order chi connectivity index (χ1) is 13.9. The maximum atomic E-state index is 12.7. The molecule has 146 valence electrons. The number of carbonyl (C=O) groups is 1. The molecule has 0 fully saturated rings. The van der Waals surface area contributed by atoms with Crippen molar-refractivity contribution < 1.29 is 9.90 Å². The fraction of sp³-hybridized carbons (Fsp3) is 0.136. The summed E-state index contributed by atoms with van der Waals surface area (Å²) in [5.74, 6) is -1.06. The minimum atomic E-state index is -0.675. The van der Waals surface area contributed by atoms with Crippen LogP contribution in [0.1, 0.15) is 27.0 Å². The lowest BCUT2D eigenvalue weighted by Gasteiger charge is -2.09. The molecule has 29 heavy (non-hydrogen) atoms. The number of nitrogens with one attached hydrogen (secondary N) is 2. The van der Waals surface area contributed by atoms with Gasteiger partial charge in [-0.3, -0.25) is 9.59 Å². The normalized spacial score (nSPS) is 11.0. The van der Waals surface area contributed by atoms with Gasteiger partial charge < -0.3 is 15.4 Å². The van der Waals surface area contributed by atoms with E-state index >= 15 is 0 Å². The summed E-state index contributed by atoms with van der Waals surface area (Å²) in [4.78, 5) is 28.0. The smallest absolute Gasteiger partial charge is 0.266 e. The number of carbonyl (C=O) groups excluding carboxylic acids is 1. The fourth-order valence-corrected chi connectivity index (χ4v) is 3.43. The van der Waals surface area contributed by atoms with Gasteiger partial charge in [-0.2, -0.15) is 5.10 Å². The molecule has 2 heterocycles. The van der Waals surface area contributed by atoms with E-state index in [4.69, 9.17) is 0 Å². The number of hydrogen-bond acceptors (Lipinski definition) is 4. The highest BCUT2D eigenvalue weighted by molar-refractivity contribution is 6.08. The summed E-state index contributed by atoms with van der Waals surface area (Å²) in [6.45, 7) is 4.26. The quantitative estimate of drug-likeness (QED) is 0.499. The number of fused-ring (bicyclic) bond motifs is 1. The van der Waals surface area contributed by atoms with E-state index < -0.39 is 11.5 Å². The summed E-state index contributed by atoms with van der Waals surface area (Å²) < 4.78 is 1.58. The minimum absolute atomic E-state index is 0.311. The highest BCUT2D eigenvalue weighted by Gasteiger charge is 2.21. The van der Waals surface area contributed by atoms with E-state index in [9.17, 15) is 14.7 Å². The number of anilines is 1. The van der Waals surface area contributed by atoms with Crippen LogP contribution in [0, 0.1) is 13.8 Å². The topological polar surface area (TPSA) is 100 Å². The number of benzene rings is 2. The number of nitrogens with zero attached hydrogens (tertiary/aromatic N) is 2. The molecule has 2 aromatic carbocycles. The molecule has 4 aromatic rings. The monoisotopic (exact) mass is 388 g/mol. The molecule has 0 spiro atoms. The molecule has 4 rings (SSSR count). The highest BCUT2D eigenvalue weighted by Crippen LogP contribution is 2.26. The van der Waals surface area contributed by atoms with Crippen molar-refractivity contribution in [2.24, 2.45) is 0 Å². The zero-order valence-corrected chi connectivity index (χ0v) is 16.1. The summed E-state index contributed by atoms with van der Waals surface area (Å²) in [7, 11) is 0. The molecule has 7 nitrogen and oxygen atoms in total. The molecule has 2 aromatic heterocycles. The molecule has 0 saturated heterocycles. The van der Waals surface area contributed by atoms with Gasteiger partial charge in [-0.25, -0.2) is 4.68 Å². The van der Waals surface area contributed by atoms with Crippen LogP contribution < -0.4 is 10.9 Å². The van der Waals surface area contributed by atoms with Crippen molar-refractivity contribution in [3.05, 3.63) is 87.3 Å². The summed E-state index contributed by atoms with van der Waals surface area (Å²) >= 11 is 0. The number of rotatable bonds is 4.